The van der Waals surface area contributed by atoms with Crippen LogP contribution in [0.15, 0.2) is 0 Å². The van der Waals surface area contributed by atoms with Crippen LogP contribution in [0.25, 0.3) is 0 Å². The second-order valence-corrected chi connectivity index (χ2v) is 11.3. The third kappa shape index (κ3) is 6.39. The van der Waals surface area contributed by atoms with Crippen LogP contribution >= 0.6 is 0 Å². The molecule has 0 fully saturated rings. The molecule has 0 aromatic carbocycles. The van der Waals surface area contributed by atoms with Crippen LogP contribution in [0.3, 0.4) is 0 Å². The zero-order valence-corrected chi connectivity index (χ0v) is 11.8. The molecule has 3 nitrogen and oxygen atoms in total. The highest BCUT2D eigenvalue weighted by molar-refractivity contribution is 6.78. The number of rotatable bonds is 5. The summed E-state index contributed by atoms with van der Waals surface area (Å²) in [6.07, 6.45) is 0.225. The molecular weight excluding hydrogens is 200 g/mol. The molecule has 80 valence electrons. The first-order valence-corrected chi connectivity index (χ1v) is 10.2. The van der Waals surface area contributed by atoms with Crippen LogP contribution in [0.5, 0.6) is 0 Å². The molecule has 0 aliphatic carbocycles. The molecular formula is C8H22O3Si2. The summed E-state index contributed by atoms with van der Waals surface area (Å²) < 4.78 is 17.0. The molecule has 0 aliphatic heterocycles. The third-order valence-corrected chi connectivity index (χ3v) is 7.46. The van der Waals surface area contributed by atoms with Crippen molar-refractivity contribution < 1.29 is 13.0 Å². The lowest BCUT2D eigenvalue weighted by Crippen LogP contribution is -2.48. The van der Waals surface area contributed by atoms with Crippen LogP contribution in [0, 0.1) is 0 Å². The fraction of sp³-hybridized carbons (Fsp3) is 1.00. The van der Waals surface area contributed by atoms with Gasteiger partial charge in [-0.25, -0.2) is 0 Å². The van der Waals surface area contributed by atoms with Gasteiger partial charge in [0, 0.05) is 13.2 Å². The van der Waals surface area contributed by atoms with Crippen molar-refractivity contribution in [2.24, 2.45) is 0 Å². The van der Waals surface area contributed by atoms with Crippen molar-refractivity contribution >= 4 is 17.1 Å². The third-order valence-electron chi connectivity index (χ3n) is 1.50. The molecule has 0 saturated carbocycles. The van der Waals surface area contributed by atoms with Crippen molar-refractivity contribution in [2.75, 3.05) is 7.11 Å². The lowest BCUT2D eigenvalue weighted by Gasteiger charge is -2.32. The van der Waals surface area contributed by atoms with E-state index in [1.54, 1.807) is 7.11 Å². The standard InChI is InChI=1S/C8H22O3Si2/c1-8(2)10-13(6,7)11-12(4,5)9-3/h8H,1-7H3. The van der Waals surface area contributed by atoms with Crippen molar-refractivity contribution in [3.63, 3.8) is 0 Å². The molecule has 0 aliphatic rings. The average Bonchev–Trinajstić information content (AvgIpc) is 1.81. The maximum Gasteiger partial charge on any atom is 0.323 e. The largest absolute Gasteiger partial charge is 0.415 e. The van der Waals surface area contributed by atoms with Crippen LogP contribution in [-0.2, 0) is 13.0 Å². The van der Waals surface area contributed by atoms with Gasteiger partial charge in [-0.15, -0.1) is 0 Å². The first-order chi connectivity index (χ1) is 5.68. The molecule has 0 saturated heterocycles. The van der Waals surface area contributed by atoms with Crippen molar-refractivity contribution in [3.8, 4) is 0 Å². The second kappa shape index (κ2) is 4.70. The monoisotopic (exact) mass is 222 g/mol. The Morgan fingerprint density at radius 1 is 0.923 bits per heavy atom. The predicted molar refractivity (Wildman–Crippen MR) is 59.3 cm³/mol. The molecule has 0 rings (SSSR count). The summed E-state index contributed by atoms with van der Waals surface area (Å²) in [5.74, 6) is 0. The first kappa shape index (κ1) is 13.3. The van der Waals surface area contributed by atoms with E-state index < -0.39 is 17.1 Å². The van der Waals surface area contributed by atoms with Gasteiger partial charge in [-0.05, 0) is 40.0 Å². The van der Waals surface area contributed by atoms with Crippen LogP contribution in [0.4, 0.5) is 0 Å². The Hall–Kier alpha value is 0.314. The van der Waals surface area contributed by atoms with Crippen LogP contribution in [0.1, 0.15) is 13.8 Å². The minimum atomic E-state index is -1.99. The number of hydrogen-bond acceptors (Lipinski definition) is 3. The summed E-state index contributed by atoms with van der Waals surface area (Å²) in [6.45, 7) is 12.2. The minimum Gasteiger partial charge on any atom is -0.415 e. The summed E-state index contributed by atoms with van der Waals surface area (Å²) in [5, 5.41) is 0. The summed E-state index contributed by atoms with van der Waals surface area (Å²) >= 11 is 0. The molecule has 0 unspecified atom stereocenters. The molecule has 0 aromatic rings. The van der Waals surface area contributed by atoms with E-state index >= 15 is 0 Å². The van der Waals surface area contributed by atoms with E-state index in [0.29, 0.717) is 0 Å². The first-order valence-electron chi connectivity index (χ1n) is 4.62. The van der Waals surface area contributed by atoms with E-state index in [4.69, 9.17) is 13.0 Å². The maximum atomic E-state index is 5.92. The fourth-order valence-corrected chi connectivity index (χ4v) is 7.62. The summed E-state index contributed by atoms with van der Waals surface area (Å²) in [7, 11) is -2.23. The Labute approximate surface area is 83.9 Å². The molecule has 0 amide bonds. The highest BCUT2D eigenvalue weighted by Gasteiger charge is 2.36. The van der Waals surface area contributed by atoms with E-state index in [9.17, 15) is 0 Å². The molecule has 5 heteroatoms. The van der Waals surface area contributed by atoms with Gasteiger partial charge in [0.05, 0.1) is 0 Å². The zero-order valence-electron chi connectivity index (χ0n) is 9.80. The van der Waals surface area contributed by atoms with E-state index in [1.807, 2.05) is 26.9 Å². The van der Waals surface area contributed by atoms with Crippen molar-refractivity contribution in [2.45, 2.75) is 46.1 Å². The van der Waals surface area contributed by atoms with Gasteiger partial charge in [0.15, 0.2) is 0 Å². The van der Waals surface area contributed by atoms with Gasteiger partial charge >= 0.3 is 17.1 Å². The topological polar surface area (TPSA) is 27.7 Å². The SMILES string of the molecule is CO[Si](C)(C)O[Si](C)(C)OC(C)C. The molecule has 0 spiro atoms. The van der Waals surface area contributed by atoms with Crippen molar-refractivity contribution in [3.05, 3.63) is 0 Å². The van der Waals surface area contributed by atoms with Crippen molar-refractivity contribution in [1.82, 2.24) is 0 Å². The molecule has 0 heterocycles. The van der Waals surface area contributed by atoms with E-state index in [2.05, 4.69) is 13.1 Å². The minimum absolute atomic E-state index is 0.225. The summed E-state index contributed by atoms with van der Waals surface area (Å²) in [6, 6.07) is 0. The van der Waals surface area contributed by atoms with E-state index in [1.165, 1.54) is 0 Å². The highest BCUT2D eigenvalue weighted by Crippen LogP contribution is 2.17. The fourth-order valence-electron chi connectivity index (χ4n) is 1.23. The second-order valence-electron chi connectivity index (χ2n) is 4.27. The molecule has 0 bridgehead atoms. The summed E-state index contributed by atoms with van der Waals surface area (Å²) in [5.41, 5.74) is 0. The lowest BCUT2D eigenvalue weighted by molar-refractivity contribution is 0.171. The Balaban J connectivity index is 4.16. The van der Waals surface area contributed by atoms with Gasteiger partial charge < -0.3 is 13.0 Å². The van der Waals surface area contributed by atoms with Crippen LogP contribution in [0.2, 0.25) is 26.2 Å². The normalized spacial score (nSPS) is 13.8. The maximum absolute atomic E-state index is 5.92. The molecule has 0 aromatic heterocycles. The van der Waals surface area contributed by atoms with Gasteiger partial charge in [0.1, 0.15) is 0 Å². The Morgan fingerprint density at radius 3 is 1.69 bits per heavy atom. The molecule has 0 radical (unpaired) electrons. The van der Waals surface area contributed by atoms with Gasteiger partial charge in [0.25, 0.3) is 0 Å². The smallest absolute Gasteiger partial charge is 0.323 e. The van der Waals surface area contributed by atoms with Crippen LogP contribution < -0.4 is 0 Å². The Kier molecular flexibility index (Phi) is 4.81. The zero-order chi connectivity index (χ0) is 10.7. The van der Waals surface area contributed by atoms with E-state index in [-0.39, 0.29) is 6.10 Å². The predicted octanol–water partition coefficient (Wildman–Crippen LogP) is 2.48. The van der Waals surface area contributed by atoms with Gasteiger partial charge in [0.2, 0.25) is 0 Å². The lowest BCUT2D eigenvalue weighted by atomic mass is 10.5. The van der Waals surface area contributed by atoms with Gasteiger partial charge in [-0.1, -0.05) is 0 Å². The molecule has 13 heavy (non-hydrogen) atoms. The Morgan fingerprint density at radius 2 is 1.38 bits per heavy atom. The summed E-state index contributed by atoms with van der Waals surface area (Å²) in [4.78, 5) is 0. The van der Waals surface area contributed by atoms with Gasteiger partial charge in [-0.3, -0.25) is 0 Å². The molecule has 0 atom stereocenters. The Bertz CT molecular complexity index is 157. The average molecular weight is 222 g/mol. The van der Waals surface area contributed by atoms with Crippen LogP contribution in [-0.4, -0.2) is 30.3 Å². The number of hydrogen-bond donors (Lipinski definition) is 0. The molecule has 0 N–H and O–H groups in total. The van der Waals surface area contributed by atoms with E-state index in [0.717, 1.165) is 0 Å². The van der Waals surface area contributed by atoms with Crippen molar-refractivity contribution in [1.29, 1.82) is 0 Å². The highest BCUT2D eigenvalue weighted by atomic mass is 28.5. The quantitative estimate of drug-likeness (QED) is 0.669. The van der Waals surface area contributed by atoms with Gasteiger partial charge in [-0.2, -0.15) is 0 Å².